The van der Waals surface area contributed by atoms with Crippen LogP contribution in [0.1, 0.15) is 10.5 Å². The summed E-state index contributed by atoms with van der Waals surface area (Å²) in [6.07, 6.45) is 5.48. The van der Waals surface area contributed by atoms with E-state index in [0.717, 1.165) is 33.6 Å². The average Bonchev–Trinajstić information content (AvgIpc) is 3.37. The highest BCUT2D eigenvalue weighted by Gasteiger charge is 2.20. The Kier molecular flexibility index (Phi) is 3.98. The molecule has 1 saturated heterocycles. The predicted molar refractivity (Wildman–Crippen MR) is 107 cm³/mol. The predicted octanol–water partition coefficient (Wildman–Crippen LogP) is 2.39. The molecular formula is C20H20N6O2. The van der Waals surface area contributed by atoms with Crippen molar-refractivity contribution in [3.63, 3.8) is 0 Å². The molecule has 0 unspecified atom stereocenters. The number of rotatable bonds is 3. The van der Waals surface area contributed by atoms with Gasteiger partial charge in [0.1, 0.15) is 5.69 Å². The second-order valence-electron chi connectivity index (χ2n) is 6.75. The number of anilines is 1. The second-order valence-corrected chi connectivity index (χ2v) is 6.75. The Balaban J connectivity index is 1.53. The van der Waals surface area contributed by atoms with Crippen molar-refractivity contribution in [3.05, 3.63) is 48.5 Å². The number of hydrogen-bond donors (Lipinski definition) is 2. The van der Waals surface area contributed by atoms with Gasteiger partial charge in [-0.2, -0.15) is 0 Å². The van der Waals surface area contributed by atoms with E-state index in [-0.39, 0.29) is 5.91 Å². The summed E-state index contributed by atoms with van der Waals surface area (Å²) in [4.78, 5) is 26.6. The van der Waals surface area contributed by atoms with Gasteiger partial charge in [-0.25, -0.2) is 9.97 Å². The molecule has 28 heavy (non-hydrogen) atoms. The third-order valence-corrected chi connectivity index (χ3v) is 5.11. The van der Waals surface area contributed by atoms with Crippen LogP contribution in [0.15, 0.2) is 42.9 Å². The van der Waals surface area contributed by atoms with Crippen LogP contribution in [0.25, 0.3) is 27.8 Å². The van der Waals surface area contributed by atoms with Crippen LogP contribution >= 0.6 is 0 Å². The minimum atomic E-state index is 0.0144. The standard InChI is InChI=1S/C20H20N6O2/c1-21-18-19-23-12-17(26(19)5-4-22-18)13-2-3-15-14(10-13)11-16(24-15)20(27)25-6-8-28-9-7-25/h2-5,10-12,24H,6-9H2,1H3,(H,21,22). The van der Waals surface area contributed by atoms with Gasteiger partial charge in [0.15, 0.2) is 11.5 Å². The third kappa shape index (κ3) is 2.69. The highest BCUT2D eigenvalue weighted by atomic mass is 16.5. The number of morpholine rings is 1. The van der Waals surface area contributed by atoms with Gasteiger partial charge in [0, 0.05) is 49.0 Å². The van der Waals surface area contributed by atoms with Gasteiger partial charge in [0.2, 0.25) is 0 Å². The maximum absolute atomic E-state index is 12.7. The molecule has 0 bridgehead atoms. The third-order valence-electron chi connectivity index (χ3n) is 5.11. The first kappa shape index (κ1) is 16.8. The highest BCUT2D eigenvalue weighted by molar-refractivity contribution is 5.99. The lowest BCUT2D eigenvalue weighted by molar-refractivity contribution is 0.0299. The molecule has 4 aromatic rings. The molecule has 1 aromatic carbocycles. The normalized spacial score (nSPS) is 14.7. The van der Waals surface area contributed by atoms with Crippen LogP contribution in [0.3, 0.4) is 0 Å². The van der Waals surface area contributed by atoms with Gasteiger partial charge in [-0.3, -0.25) is 9.20 Å². The number of hydrogen-bond acceptors (Lipinski definition) is 5. The lowest BCUT2D eigenvalue weighted by atomic mass is 10.1. The van der Waals surface area contributed by atoms with Gasteiger partial charge < -0.3 is 19.9 Å². The molecule has 0 atom stereocenters. The van der Waals surface area contributed by atoms with Crippen molar-refractivity contribution in [3.8, 4) is 11.3 Å². The van der Waals surface area contributed by atoms with E-state index in [0.29, 0.717) is 32.0 Å². The molecule has 5 rings (SSSR count). The minimum Gasteiger partial charge on any atom is -0.378 e. The Labute approximate surface area is 161 Å². The van der Waals surface area contributed by atoms with Crippen molar-refractivity contribution < 1.29 is 9.53 Å². The maximum Gasteiger partial charge on any atom is 0.270 e. The molecule has 0 saturated carbocycles. The van der Waals surface area contributed by atoms with E-state index in [1.165, 1.54) is 0 Å². The van der Waals surface area contributed by atoms with Crippen molar-refractivity contribution in [1.82, 2.24) is 24.3 Å². The SMILES string of the molecule is CNc1nccn2c(-c3ccc4[nH]c(C(=O)N5CCOCC5)cc4c3)cnc12. The van der Waals surface area contributed by atoms with Crippen LogP contribution in [0.2, 0.25) is 0 Å². The first-order chi connectivity index (χ1) is 13.7. The number of carbonyl (C=O) groups is 1. The molecule has 3 aromatic heterocycles. The Hall–Kier alpha value is -3.39. The van der Waals surface area contributed by atoms with E-state index in [9.17, 15) is 4.79 Å². The number of nitrogens with zero attached hydrogens (tertiary/aromatic N) is 4. The molecule has 1 aliphatic rings. The van der Waals surface area contributed by atoms with Crippen molar-refractivity contribution >= 4 is 28.3 Å². The van der Waals surface area contributed by atoms with Crippen molar-refractivity contribution in [2.24, 2.45) is 0 Å². The summed E-state index contributed by atoms with van der Waals surface area (Å²) in [5.74, 6) is 0.746. The highest BCUT2D eigenvalue weighted by Crippen LogP contribution is 2.27. The fourth-order valence-electron chi connectivity index (χ4n) is 3.65. The van der Waals surface area contributed by atoms with Crippen molar-refractivity contribution in [2.45, 2.75) is 0 Å². The Morgan fingerprint density at radius 3 is 2.89 bits per heavy atom. The van der Waals surface area contributed by atoms with Crippen LogP contribution in [-0.4, -0.2) is 63.5 Å². The number of aromatic amines is 1. The first-order valence-electron chi connectivity index (χ1n) is 9.24. The van der Waals surface area contributed by atoms with Crippen molar-refractivity contribution in [1.29, 1.82) is 0 Å². The lowest BCUT2D eigenvalue weighted by Gasteiger charge is -2.26. The van der Waals surface area contributed by atoms with Crippen molar-refractivity contribution in [2.75, 3.05) is 38.7 Å². The van der Waals surface area contributed by atoms with E-state index in [4.69, 9.17) is 4.74 Å². The fraction of sp³-hybridized carbons (Fsp3) is 0.250. The van der Waals surface area contributed by atoms with Gasteiger partial charge in [0.05, 0.1) is 25.1 Å². The molecule has 1 fully saturated rings. The summed E-state index contributed by atoms with van der Waals surface area (Å²) in [6.45, 7) is 2.44. The average molecular weight is 376 g/mol. The summed E-state index contributed by atoms with van der Waals surface area (Å²) in [7, 11) is 1.83. The number of aromatic nitrogens is 4. The van der Waals surface area contributed by atoms with Gasteiger partial charge >= 0.3 is 0 Å². The number of amides is 1. The monoisotopic (exact) mass is 376 g/mol. The summed E-state index contributed by atoms with van der Waals surface area (Å²) < 4.78 is 7.34. The Bertz CT molecular complexity index is 1170. The fourth-order valence-corrected chi connectivity index (χ4v) is 3.65. The number of benzene rings is 1. The van der Waals surface area contributed by atoms with Crippen LogP contribution in [0.5, 0.6) is 0 Å². The molecule has 0 aliphatic carbocycles. The summed E-state index contributed by atoms with van der Waals surface area (Å²) in [5, 5.41) is 4.05. The summed E-state index contributed by atoms with van der Waals surface area (Å²) in [6, 6.07) is 8.02. The smallest absolute Gasteiger partial charge is 0.270 e. The largest absolute Gasteiger partial charge is 0.378 e. The van der Waals surface area contributed by atoms with Gasteiger partial charge in [-0.1, -0.05) is 6.07 Å². The zero-order valence-corrected chi connectivity index (χ0v) is 15.5. The van der Waals surface area contributed by atoms with Gasteiger partial charge in [-0.05, 0) is 18.2 Å². The van der Waals surface area contributed by atoms with E-state index in [1.807, 2.05) is 46.9 Å². The number of nitrogens with one attached hydrogen (secondary N) is 2. The molecule has 142 valence electrons. The lowest BCUT2D eigenvalue weighted by Crippen LogP contribution is -2.40. The number of H-pyrrole nitrogens is 1. The minimum absolute atomic E-state index is 0.0144. The van der Waals surface area contributed by atoms with Gasteiger partial charge in [0.25, 0.3) is 5.91 Å². The number of fused-ring (bicyclic) bond motifs is 2. The van der Waals surface area contributed by atoms with Crippen LogP contribution in [0.4, 0.5) is 5.82 Å². The quantitative estimate of drug-likeness (QED) is 0.573. The first-order valence-corrected chi connectivity index (χ1v) is 9.24. The Morgan fingerprint density at radius 2 is 2.07 bits per heavy atom. The zero-order valence-electron chi connectivity index (χ0n) is 15.5. The van der Waals surface area contributed by atoms with Crippen LogP contribution in [0, 0.1) is 0 Å². The molecule has 1 amide bonds. The molecule has 8 heteroatoms. The summed E-state index contributed by atoms with van der Waals surface area (Å²) >= 11 is 0. The van der Waals surface area contributed by atoms with E-state index >= 15 is 0 Å². The second kappa shape index (κ2) is 6.65. The molecule has 1 aliphatic heterocycles. The molecule has 2 N–H and O–H groups in total. The molecule has 0 spiro atoms. The Morgan fingerprint density at radius 1 is 1.21 bits per heavy atom. The van der Waals surface area contributed by atoms with E-state index < -0.39 is 0 Å². The maximum atomic E-state index is 12.7. The molecule has 8 nitrogen and oxygen atoms in total. The summed E-state index contributed by atoms with van der Waals surface area (Å²) in [5.41, 5.74) is 4.31. The van der Waals surface area contributed by atoms with Crippen LogP contribution < -0.4 is 5.32 Å². The van der Waals surface area contributed by atoms with Crippen LogP contribution in [-0.2, 0) is 4.74 Å². The van der Waals surface area contributed by atoms with E-state index in [2.05, 4.69) is 26.3 Å². The number of imidazole rings is 1. The molecule has 4 heterocycles. The molecule has 0 radical (unpaired) electrons. The van der Waals surface area contributed by atoms with Gasteiger partial charge in [-0.15, -0.1) is 0 Å². The number of carbonyl (C=O) groups excluding carboxylic acids is 1. The topological polar surface area (TPSA) is 87.6 Å². The zero-order chi connectivity index (χ0) is 19.1. The van der Waals surface area contributed by atoms with E-state index in [1.54, 1.807) is 6.20 Å². The number of ether oxygens (including phenoxy) is 1. The molecular weight excluding hydrogens is 356 g/mol.